The molecule has 1 aliphatic rings. The molecule has 2 heterocycles. The van der Waals surface area contributed by atoms with Crippen molar-refractivity contribution in [2.24, 2.45) is 0 Å². The lowest BCUT2D eigenvalue weighted by atomic mass is 10.1. The maximum Gasteiger partial charge on any atom is 0.261 e. The second-order valence-electron chi connectivity index (χ2n) is 5.60. The van der Waals surface area contributed by atoms with Gasteiger partial charge in [0.2, 0.25) is 0 Å². The molecule has 0 spiro atoms. The minimum Gasteiger partial charge on any atom is -0.274 e. The smallest absolute Gasteiger partial charge is 0.261 e. The Balaban J connectivity index is 1.34. The Labute approximate surface area is 145 Å². The van der Waals surface area contributed by atoms with Crippen molar-refractivity contribution in [1.29, 1.82) is 0 Å². The molecule has 0 saturated carbocycles. The highest BCUT2D eigenvalue weighted by Crippen LogP contribution is 2.23. The molecule has 124 valence electrons. The number of benzene rings is 1. The molecule has 0 fully saturated rings. The molecule has 0 atom stereocenters. The molecule has 5 nitrogen and oxygen atoms in total. The molecule has 24 heavy (non-hydrogen) atoms. The van der Waals surface area contributed by atoms with Crippen molar-refractivity contribution in [2.75, 3.05) is 12.3 Å². The fraction of sp³-hybridized carbons (Fsp3) is 0.333. The Morgan fingerprint density at radius 1 is 0.833 bits per heavy atom. The number of unbranched alkanes of at least 4 members (excludes halogenated alkanes) is 3. The van der Waals surface area contributed by atoms with Crippen molar-refractivity contribution >= 4 is 23.6 Å². The van der Waals surface area contributed by atoms with Crippen LogP contribution in [0.4, 0.5) is 0 Å². The molecule has 6 heteroatoms. The standard InChI is InChI=1S/C18H19N3O2S/c22-16-14-8-3-4-9-15(14)17(23)21(16)12-5-1-2-6-13-24-18-19-10-7-11-20-18/h3-4,7-11H,1-2,5-6,12-13H2. The number of carbonyl (C=O) groups is 2. The van der Waals surface area contributed by atoms with Crippen LogP contribution in [0.1, 0.15) is 46.4 Å². The molecule has 0 unspecified atom stereocenters. The van der Waals surface area contributed by atoms with E-state index in [9.17, 15) is 9.59 Å². The highest BCUT2D eigenvalue weighted by molar-refractivity contribution is 7.99. The summed E-state index contributed by atoms with van der Waals surface area (Å²) >= 11 is 1.66. The summed E-state index contributed by atoms with van der Waals surface area (Å²) in [6.45, 7) is 0.501. The summed E-state index contributed by atoms with van der Waals surface area (Å²) in [6.07, 6.45) is 7.49. The number of hydrogen-bond acceptors (Lipinski definition) is 5. The summed E-state index contributed by atoms with van der Waals surface area (Å²) in [5, 5.41) is 0.809. The second kappa shape index (κ2) is 8.06. The molecule has 2 aromatic rings. The third-order valence-electron chi connectivity index (χ3n) is 3.93. The minimum atomic E-state index is -0.160. The van der Waals surface area contributed by atoms with Crippen LogP contribution in [0, 0.1) is 0 Å². The first-order valence-electron chi connectivity index (χ1n) is 8.12. The van der Waals surface area contributed by atoms with Gasteiger partial charge in [-0.05, 0) is 31.0 Å². The lowest BCUT2D eigenvalue weighted by Crippen LogP contribution is -2.30. The first kappa shape index (κ1) is 16.6. The van der Waals surface area contributed by atoms with Crippen LogP contribution in [0.25, 0.3) is 0 Å². The van der Waals surface area contributed by atoms with Crippen molar-refractivity contribution in [2.45, 2.75) is 30.8 Å². The van der Waals surface area contributed by atoms with E-state index in [1.807, 2.05) is 6.07 Å². The molecule has 3 rings (SSSR count). The Hall–Kier alpha value is -2.21. The van der Waals surface area contributed by atoms with Gasteiger partial charge < -0.3 is 0 Å². The van der Waals surface area contributed by atoms with Gasteiger partial charge in [0.05, 0.1) is 11.1 Å². The summed E-state index contributed by atoms with van der Waals surface area (Å²) in [4.78, 5) is 34.2. The molecule has 0 N–H and O–H groups in total. The van der Waals surface area contributed by atoms with Gasteiger partial charge in [-0.1, -0.05) is 36.7 Å². The van der Waals surface area contributed by atoms with Crippen LogP contribution in [-0.4, -0.2) is 39.0 Å². The monoisotopic (exact) mass is 341 g/mol. The molecular formula is C18H19N3O2S. The van der Waals surface area contributed by atoms with E-state index in [1.54, 1.807) is 48.4 Å². The maximum absolute atomic E-state index is 12.2. The first-order chi connectivity index (χ1) is 11.8. The van der Waals surface area contributed by atoms with Gasteiger partial charge in [0.25, 0.3) is 11.8 Å². The fourth-order valence-corrected chi connectivity index (χ4v) is 3.49. The summed E-state index contributed by atoms with van der Waals surface area (Å²) in [6, 6.07) is 8.84. The summed E-state index contributed by atoms with van der Waals surface area (Å²) in [5.74, 6) is 0.664. The van der Waals surface area contributed by atoms with Crippen molar-refractivity contribution in [1.82, 2.24) is 14.9 Å². The summed E-state index contributed by atoms with van der Waals surface area (Å²) in [7, 11) is 0. The number of carbonyl (C=O) groups excluding carboxylic acids is 2. The van der Waals surface area contributed by atoms with Crippen LogP contribution in [0.5, 0.6) is 0 Å². The molecule has 1 aromatic heterocycles. The zero-order valence-corrected chi connectivity index (χ0v) is 14.2. The molecule has 2 amide bonds. The first-order valence-corrected chi connectivity index (χ1v) is 9.11. The fourth-order valence-electron chi connectivity index (χ4n) is 2.69. The number of nitrogens with zero attached hydrogens (tertiary/aromatic N) is 3. The maximum atomic E-state index is 12.2. The van der Waals surface area contributed by atoms with Crippen LogP contribution in [-0.2, 0) is 0 Å². The topological polar surface area (TPSA) is 63.2 Å². The number of fused-ring (bicyclic) bond motifs is 1. The molecule has 0 aliphatic carbocycles. The van der Waals surface area contributed by atoms with E-state index in [1.165, 1.54) is 4.90 Å². The predicted octanol–water partition coefficient (Wildman–Crippen LogP) is 3.43. The highest BCUT2D eigenvalue weighted by atomic mass is 32.2. The van der Waals surface area contributed by atoms with E-state index in [2.05, 4.69) is 9.97 Å². The number of thioether (sulfide) groups is 1. The number of rotatable bonds is 8. The zero-order valence-electron chi connectivity index (χ0n) is 13.4. The quantitative estimate of drug-likeness (QED) is 0.319. The number of hydrogen-bond donors (Lipinski definition) is 0. The van der Waals surface area contributed by atoms with Gasteiger partial charge in [0, 0.05) is 24.7 Å². The summed E-state index contributed by atoms with van der Waals surface area (Å²) < 4.78 is 0. The average molecular weight is 341 g/mol. The SMILES string of the molecule is O=C1c2ccccc2C(=O)N1CCCCCCSc1ncccn1. The van der Waals surface area contributed by atoms with Crippen molar-refractivity contribution in [3.8, 4) is 0 Å². The van der Waals surface area contributed by atoms with E-state index >= 15 is 0 Å². The summed E-state index contributed by atoms with van der Waals surface area (Å²) in [5.41, 5.74) is 1.06. The third kappa shape index (κ3) is 3.82. The van der Waals surface area contributed by atoms with Gasteiger partial charge in [-0.15, -0.1) is 0 Å². The molecular weight excluding hydrogens is 322 g/mol. The lowest BCUT2D eigenvalue weighted by Gasteiger charge is -2.13. The Kier molecular flexibility index (Phi) is 5.59. The molecule has 1 aromatic carbocycles. The van der Waals surface area contributed by atoms with Gasteiger partial charge in [0.1, 0.15) is 0 Å². The van der Waals surface area contributed by atoms with Crippen LogP contribution < -0.4 is 0 Å². The Morgan fingerprint density at radius 3 is 2.12 bits per heavy atom. The van der Waals surface area contributed by atoms with Crippen molar-refractivity contribution in [3.05, 3.63) is 53.9 Å². The van der Waals surface area contributed by atoms with Gasteiger partial charge in [0.15, 0.2) is 5.16 Å². The number of imide groups is 1. The van der Waals surface area contributed by atoms with Gasteiger partial charge in [-0.3, -0.25) is 14.5 Å². The van der Waals surface area contributed by atoms with Crippen LogP contribution in [0.2, 0.25) is 0 Å². The second-order valence-corrected chi connectivity index (χ2v) is 6.66. The zero-order chi connectivity index (χ0) is 16.8. The normalized spacial score (nSPS) is 13.4. The van der Waals surface area contributed by atoms with E-state index in [-0.39, 0.29) is 11.8 Å². The van der Waals surface area contributed by atoms with Crippen LogP contribution in [0.3, 0.4) is 0 Å². The average Bonchev–Trinajstić information content (AvgIpc) is 2.87. The van der Waals surface area contributed by atoms with Gasteiger partial charge >= 0.3 is 0 Å². The largest absolute Gasteiger partial charge is 0.274 e. The molecule has 0 saturated heterocycles. The van der Waals surface area contributed by atoms with E-state index in [4.69, 9.17) is 0 Å². The van der Waals surface area contributed by atoms with Gasteiger partial charge in [-0.25, -0.2) is 9.97 Å². The number of amides is 2. The molecule has 0 radical (unpaired) electrons. The van der Waals surface area contributed by atoms with Crippen LogP contribution >= 0.6 is 11.8 Å². The Bertz CT molecular complexity index is 686. The third-order valence-corrected chi connectivity index (χ3v) is 4.89. The lowest BCUT2D eigenvalue weighted by molar-refractivity contribution is 0.0651. The number of aromatic nitrogens is 2. The van der Waals surface area contributed by atoms with E-state index in [0.717, 1.165) is 36.6 Å². The van der Waals surface area contributed by atoms with E-state index in [0.29, 0.717) is 17.7 Å². The van der Waals surface area contributed by atoms with Crippen LogP contribution in [0.15, 0.2) is 47.9 Å². The highest BCUT2D eigenvalue weighted by Gasteiger charge is 2.34. The van der Waals surface area contributed by atoms with Gasteiger partial charge in [-0.2, -0.15) is 0 Å². The van der Waals surface area contributed by atoms with E-state index < -0.39 is 0 Å². The minimum absolute atomic E-state index is 0.160. The van der Waals surface area contributed by atoms with Crippen molar-refractivity contribution < 1.29 is 9.59 Å². The Morgan fingerprint density at radius 2 is 1.46 bits per heavy atom. The molecule has 1 aliphatic heterocycles. The predicted molar refractivity (Wildman–Crippen MR) is 93.0 cm³/mol. The molecule has 0 bridgehead atoms. The van der Waals surface area contributed by atoms with Crippen molar-refractivity contribution in [3.63, 3.8) is 0 Å².